The Bertz CT molecular complexity index is 975. The Morgan fingerprint density at radius 3 is 2.42 bits per heavy atom. The number of carbonyl (C=O) groups excluding carboxylic acids is 2. The number of ether oxygens (including phenoxy) is 2. The van der Waals surface area contributed by atoms with E-state index < -0.39 is 5.60 Å². The van der Waals surface area contributed by atoms with Crippen molar-refractivity contribution < 1.29 is 19.1 Å². The number of amides is 2. The van der Waals surface area contributed by atoms with Crippen molar-refractivity contribution in [2.24, 2.45) is 0 Å². The van der Waals surface area contributed by atoms with Crippen LogP contribution in [0.1, 0.15) is 31.3 Å². The van der Waals surface area contributed by atoms with Crippen LogP contribution in [0, 0.1) is 0 Å². The number of benzene rings is 1. The molecule has 178 valence electrons. The fourth-order valence-corrected chi connectivity index (χ4v) is 4.63. The van der Waals surface area contributed by atoms with Gasteiger partial charge in [-0.25, -0.2) is 9.78 Å². The maximum Gasteiger partial charge on any atom is 0.410 e. The van der Waals surface area contributed by atoms with Crippen LogP contribution >= 0.6 is 11.3 Å². The Hall–Kier alpha value is -2.85. The monoisotopic (exact) mass is 473 g/mol. The predicted molar refractivity (Wildman–Crippen MR) is 130 cm³/mol. The molecule has 1 N–H and O–H groups in total. The van der Waals surface area contributed by atoms with Crippen molar-refractivity contribution in [3.63, 3.8) is 0 Å². The lowest BCUT2D eigenvalue weighted by Crippen LogP contribution is -2.50. The average molecular weight is 474 g/mol. The second-order valence-corrected chi connectivity index (χ2v) is 9.88. The van der Waals surface area contributed by atoms with E-state index in [1.807, 2.05) is 45.0 Å². The lowest BCUT2D eigenvalue weighted by molar-refractivity contribution is 0.0240. The number of aromatic nitrogens is 1. The standard InChI is InChI=1S/C23H31N5O4S/c1-23(2,3)32-22(30)28-10-8-26(9-11-28)19-7-5-4-6-17(19)24-20(29)18-16-33-21(25-18)27-12-14-31-15-13-27/h4-7,16H,8-15H2,1-3H3,(H,24,29). The Balaban J connectivity index is 1.39. The Labute approximate surface area is 198 Å². The topological polar surface area (TPSA) is 87.2 Å². The number of nitrogens with zero attached hydrogens (tertiary/aromatic N) is 4. The lowest BCUT2D eigenvalue weighted by atomic mass is 10.2. The molecule has 1 aromatic heterocycles. The molecule has 33 heavy (non-hydrogen) atoms. The first-order valence-electron chi connectivity index (χ1n) is 11.2. The summed E-state index contributed by atoms with van der Waals surface area (Å²) in [4.78, 5) is 35.9. The van der Waals surface area contributed by atoms with E-state index in [-0.39, 0.29) is 12.0 Å². The van der Waals surface area contributed by atoms with Gasteiger partial charge >= 0.3 is 6.09 Å². The van der Waals surface area contributed by atoms with E-state index in [2.05, 4.69) is 20.1 Å². The van der Waals surface area contributed by atoms with E-state index in [9.17, 15) is 9.59 Å². The zero-order chi connectivity index (χ0) is 23.4. The van der Waals surface area contributed by atoms with Crippen LogP contribution in [0.5, 0.6) is 0 Å². The molecule has 2 amide bonds. The van der Waals surface area contributed by atoms with Gasteiger partial charge in [0, 0.05) is 44.6 Å². The zero-order valence-corrected chi connectivity index (χ0v) is 20.2. The summed E-state index contributed by atoms with van der Waals surface area (Å²) in [6.45, 7) is 11.0. The van der Waals surface area contributed by atoms with Gasteiger partial charge in [0.1, 0.15) is 11.3 Å². The normalized spacial score (nSPS) is 17.1. The number of piperazine rings is 1. The fourth-order valence-electron chi connectivity index (χ4n) is 3.77. The molecule has 2 fully saturated rings. The highest BCUT2D eigenvalue weighted by molar-refractivity contribution is 7.14. The second-order valence-electron chi connectivity index (χ2n) is 9.04. The Morgan fingerprint density at radius 1 is 1.03 bits per heavy atom. The van der Waals surface area contributed by atoms with Gasteiger partial charge in [-0.3, -0.25) is 4.79 Å². The van der Waals surface area contributed by atoms with Gasteiger partial charge in [0.05, 0.1) is 24.6 Å². The molecule has 2 aliphatic heterocycles. The summed E-state index contributed by atoms with van der Waals surface area (Å²) in [5.74, 6) is -0.231. The molecule has 0 spiro atoms. The van der Waals surface area contributed by atoms with E-state index in [0.29, 0.717) is 45.1 Å². The van der Waals surface area contributed by atoms with Crippen LogP contribution < -0.4 is 15.1 Å². The van der Waals surface area contributed by atoms with Crippen molar-refractivity contribution in [2.75, 3.05) is 67.6 Å². The van der Waals surface area contributed by atoms with Gasteiger partial charge in [0.2, 0.25) is 0 Å². The summed E-state index contributed by atoms with van der Waals surface area (Å²) in [7, 11) is 0. The third-order valence-electron chi connectivity index (χ3n) is 5.43. The van der Waals surface area contributed by atoms with Gasteiger partial charge in [-0.15, -0.1) is 11.3 Å². The van der Waals surface area contributed by atoms with Crippen molar-refractivity contribution >= 4 is 39.8 Å². The summed E-state index contributed by atoms with van der Waals surface area (Å²) in [6.07, 6.45) is -0.289. The summed E-state index contributed by atoms with van der Waals surface area (Å²) in [6, 6.07) is 7.72. The Kier molecular flexibility index (Phi) is 7.04. The maximum atomic E-state index is 12.9. The van der Waals surface area contributed by atoms with Gasteiger partial charge in [-0.05, 0) is 32.9 Å². The SMILES string of the molecule is CC(C)(C)OC(=O)N1CCN(c2ccccc2NC(=O)c2csc(N3CCOCC3)n2)CC1. The molecule has 0 saturated carbocycles. The van der Waals surface area contributed by atoms with Crippen LogP contribution in [0.15, 0.2) is 29.6 Å². The molecule has 0 bridgehead atoms. The first-order valence-corrected chi connectivity index (χ1v) is 12.1. The second kappa shape index (κ2) is 9.96. The van der Waals surface area contributed by atoms with E-state index >= 15 is 0 Å². The third-order valence-corrected chi connectivity index (χ3v) is 6.33. The first-order chi connectivity index (χ1) is 15.8. The van der Waals surface area contributed by atoms with Gasteiger partial charge in [0.15, 0.2) is 5.13 Å². The van der Waals surface area contributed by atoms with Crippen LogP contribution in [0.25, 0.3) is 0 Å². The van der Waals surface area contributed by atoms with Crippen LogP contribution in [0.3, 0.4) is 0 Å². The average Bonchev–Trinajstić information content (AvgIpc) is 3.30. The number of carbonyl (C=O) groups is 2. The molecular weight excluding hydrogens is 442 g/mol. The van der Waals surface area contributed by atoms with Crippen LogP contribution in [-0.2, 0) is 9.47 Å². The van der Waals surface area contributed by atoms with Crippen molar-refractivity contribution in [2.45, 2.75) is 26.4 Å². The molecule has 4 rings (SSSR count). The number of anilines is 3. The minimum Gasteiger partial charge on any atom is -0.444 e. The first kappa shape index (κ1) is 23.3. The number of para-hydroxylation sites is 2. The van der Waals surface area contributed by atoms with Crippen molar-refractivity contribution in [1.82, 2.24) is 9.88 Å². The van der Waals surface area contributed by atoms with Crippen LogP contribution in [-0.4, -0.2) is 80.0 Å². The zero-order valence-electron chi connectivity index (χ0n) is 19.4. The van der Waals surface area contributed by atoms with Gasteiger partial charge in [-0.1, -0.05) is 12.1 Å². The molecular formula is C23H31N5O4S. The van der Waals surface area contributed by atoms with Crippen LogP contribution in [0.2, 0.25) is 0 Å². The highest BCUT2D eigenvalue weighted by Crippen LogP contribution is 2.28. The molecule has 2 saturated heterocycles. The molecule has 9 nitrogen and oxygen atoms in total. The van der Waals surface area contributed by atoms with Crippen molar-refractivity contribution in [3.05, 3.63) is 35.3 Å². The molecule has 0 radical (unpaired) electrons. The highest BCUT2D eigenvalue weighted by Gasteiger charge is 2.27. The molecule has 2 aliphatic rings. The molecule has 0 aliphatic carbocycles. The fraction of sp³-hybridized carbons (Fsp3) is 0.522. The number of morpholine rings is 1. The summed E-state index contributed by atoms with van der Waals surface area (Å²) < 4.78 is 10.9. The van der Waals surface area contributed by atoms with Crippen LogP contribution in [0.4, 0.5) is 21.3 Å². The van der Waals surface area contributed by atoms with Gasteiger partial charge < -0.3 is 29.5 Å². The number of hydrogen-bond donors (Lipinski definition) is 1. The number of rotatable bonds is 4. The molecule has 0 atom stereocenters. The highest BCUT2D eigenvalue weighted by atomic mass is 32.1. The number of thiazole rings is 1. The molecule has 2 aromatic rings. The quantitative estimate of drug-likeness (QED) is 0.729. The largest absolute Gasteiger partial charge is 0.444 e. The lowest BCUT2D eigenvalue weighted by Gasteiger charge is -2.37. The van der Waals surface area contributed by atoms with Crippen molar-refractivity contribution in [1.29, 1.82) is 0 Å². The molecule has 0 unspecified atom stereocenters. The molecule has 1 aromatic carbocycles. The summed E-state index contributed by atoms with van der Waals surface area (Å²) >= 11 is 1.47. The van der Waals surface area contributed by atoms with Gasteiger partial charge in [0.25, 0.3) is 5.91 Å². The van der Waals surface area contributed by atoms with E-state index in [1.54, 1.807) is 10.3 Å². The molecule has 3 heterocycles. The smallest absolute Gasteiger partial charge is 0.410 e. The number of hydrogen-bond acceptors (Lipinski definition) is 8. The predicted octanol–water partition coefficient (Wildman–Crippen LogP) is 3.29. The maximum absolute atomic E-state index is 12.9. The van der Waals surface area contributed by atoms with Crippen molar-refractivity contribution in [3.8, 4) is 0 Å². The Morgan fingerprint density at radius 2 is 1.73 bits per heavy atom. The van der Waals surface area contributed by atoms with E-state index in [4.69, 9.17) is 9.47 Å². The minimum atomic E-state index is -0.511. The summed E-state index contributed by atoms with van der Waals surface area (Å²) in [5, 5.41) is 5.66. The number of nitrogens with one attached hydrogen (secondary N) is 1. The van der Waals surface area contributed by atoms with E-state index in [0.717, 1.165) is 29.6 Å². The third kappa shape index (κ3) is 5.94. The molecule has 10 heteroatoms. The summed E-state index contributed by atoms with van der Waals surface area (Å²) in [5.41, 5.74) is 1.56. The van der Waals surface area contributed by atoms with Gasteiger partial charge in [-0.2, -0.15) is 0 Å². The van der Waals surface area contributed by atoms with E-state index in [1.165, 1.54) is 11.3 Å². The minimum absolute atomic E-state index is 0.231.